The molecule has 1 aromatic carbocycles. The standard InChI is InChI=1S/C16H28N2O3/c1-5-19-14-10-13(12-18-9-8-17-4)11-15(20-6-2)16(14)21-7-3/h10-11,17-18H,5-9,12H2,1-4H3. The van der Waals surface area contributed by atoms with E-state index in [9.17, 15) is 0 Å². The van der Waals surface area contributed by atoms with Crippen LogP contribution in [0.3, 0.4) is 0 Å². The zero-order valence-electron chi connectivity index (χ0n) is 13.6. The van der Waals surface area contributed by atoms with Crippen molar-refractivity contribution < 1.29 is 14.2 Å². The zero-order chi connectivity index (χ0) is 15.5. The lowest BCUT2D eigenvalue weighted by Crippen LogP contribution is -2.24. The molecule has 0 amide bonds. The van der Waals surface area contributed by atoms with Crippen molar-refractivity contribution in [1.82, 2.24) is 10.6 Å². The SMILES string of the molecule is CCOc1cc(CNCCNC)cc(OCC)c1OCC. The van der Waals surface area contributed by atoms with Gasteiger partial charge in [0.25, 0.3) is 0 Å². The van der Waals surface area contributed by atoms with Crippen molar-refractivity contribution in [3.05, 3.63) is 17.7 Å². The molecule has 2 N–H and O–H groups in total. The van der Waals surface area contributed by atoms with Crippen LogP contribution in [0.1, 0.15) is 26.3 Å². The van der Waals surface area contributed by atoms with Crippen molar-refractivity contribution in [2.45, 2.75) is 27.3 Å². The zero-order valence-corrected chi connectivity index (χ0v) is 13.6. The largest absolute Gasteiger partial charge is 0.490 e. The first kappa shape index (κ1) is 17.6. The summed E-state index contributed by atoms with van der Waals surface area (Å²) in [6.45, 7) is 10.3. The molecule has 0 atom stereocenters. The molecular formula is C16H28N2O3. The molecule has 1 rings (SSSR count). The molecule has 0 aliphatic carbocycles. The molecule has 0 heterocycles. The molecule has 0 aliphatic rings. The Bertz CT molecular complexity index is 384. The molecule has 0 bridgehead atoms. The minimum atomic E-state index is 0.583. The number of likely N-dealkylation sites (N-methyl/N-ethyl adjacent to an activating group) is 1. The number of benzene rings is 1. The van der Waals surface area contributed by atoms with Gasteiger partial charge in [-0.1, -0.05) is 0 Å². The molecule has 0 saturated carbocycles. The quantitative estimate of drug-likeness (QED) is 0.613. The summed E-state index contributed by atoms with van der Waals surface area (Å²) in [5, 5.41) is 6.49. The van der Waals surface area contributed by atoms with E-state index >= 15 is 0 Å². The van der Waals surface area contributed by atoms with E-state index < -0.39 is 0 Å². The minimum absolute atomic E-state index is 0.583. The third-order valence-electron chi connectivity index (χ3n) is 2.85. The van der Waals surface area contributed by atoms with E-state index in [2.05, 4.69) is 10.6 Å². The van der Waals surface area contributed by atoms with Crippen molar-refractivity contribution >= 4 is 0 Å². The number of hydrogen-bond acceptors (Lipinski definition) is 5. The van der Waals surface area contributed by atoms with E-state index in [-0.39, 0.29) is 0 Å². The Morgan fingerprint density at radius 3 is 1.90 bits per heavy atom. The average Bonchev–Trinajstić information content (AvgIpc) is 2.47. The first-order valence-electron chi connectivity index (χ1n) is 7.67. The number of rotatable bonds is 11. The normalized spacial score (nSPS) is 10.5. The van der Waals surface area contributed by atoms with Crippen molar-refractivity contribution in [2.75, 3.05) is 40.0 Å². The van der Waals surface area contributed by atoms with Crippen molar-refractivity contribution in [2.24, 2.45) is 0 Å². The van der Waals surface area contributed by atoms with Crippen LogP contribution >= 0.6 is 0 Å². The topological polar surface area (TPSA) is 51.8 Å². The van der Waals surface area contributed by atoms with Gasteiger partial charge in [0.15, 0.2) is 11.5 Å². The Morgan fingerprint density at radius 2 is 1.43 bits per heavy atom. The number of nitrogens with one attached hydrogen (secondary N) is 2. The molecule has 1 aromatic rings. The van der Waals surface area contributed by atoms with Crippen molar-refractivity contribution in [3.8, 4) is 17.2 Å². The molecule has 5 heteroatoms. The fraction of sp³-hybridized carbons (Fsp3) is 0.625. The van der Waals surface area contributed by atoms with E-state index in [0.29, 0.717) is 25.6 Å². The van der Waals surface area contributed by atoms with Gasteiger partial charge >= 0.3 is 0 Å². The van der Waals surface area contributed by atoms with E-state index in [1.807, 2.05) is 40.0 Å². The molecule has 0 aliphatic heterocycles. The summed E-state index contributed by atoms with van der Waals surface area (Å²) >= 11 is 0. The van der Waals surface area contributed by atoms with Crippen molar-refractivity contribution in [3.63, 3.8) is 0 Å². The third-order valence-corrected chi connectivity index (χ3v) is 2.85. The third kappa shape index (κ3) is 5.81. The van der Waals surface area contributed by atoms with Gasteiger partial charge in [0, 0.05) is 19.6 Å². The molecule has 0 saturated heterocycles. The molecule has 21 heavy (non-hydrogen) atoms. The van der Waals surface area contributed by atoms with Gasteiger partial charge in [-0.3, -0.25) is 0 Å². The summed E-state index contributed by atoms with van der Waals surface area (Å²) in [6, 6.07) is 4.03. The Balaban J connectivity index is 2.92. The van der Waals surface area contributed by atoms with Crippen LogP contribution in [0.15, 0.2) is 12.1 Å². The lowest BCUT2D eigenvalue weighted by atomic mass is 10.1. The molecular weight excluding hydrogens is 268 g/mol. The maximum atomic E-state index is 5.70. The van der Waals surface area contributed by atoms with E-state index in [1.165, 1.54) is 0 Å². The van der Waals surface area contributed by atoms with Gasteiger partial charge in [0.2, 0.25) is 5.75 Å². The van der Waals surface area contributed by atoms with E-state index in [1.54, 1.807) is 0 Å². The fourth-order valence-corrected chi connectivity index (χ4v) is 1.99. The maximum Gasteiger partial charge on any atom is 0.203 e. The maximum absolute atomic E-state index is 5.70. The molecule has 120 valence electrons. The van der Waals surface area contributed by atoms with Crippen LogP contribution in [0.2, 0.25) is 0 Å². The molecule has 0 fully saturated rings. The molecule has 0 spiro atoms. The van der Waals surface area contributed by atoms with Crippen LogP contribution in [0, 0.1) is 0 Å². The van der Waals surface area contributed by atoms with Crippen LogP contribution in [0.5, 0.6) is 17.2 Å². The second-order valence-corrected chi connectivity index (χ2v) is 4.50. The first-order chi connectivity index (χ1) is 10.3. The van der Waals surface area contributed by atoms with E-state index in [0.717, 1.165) is 36.7 Å². The number of ether oxygens (including phenoxy) is 3. The highest BCUT2D eigenvalue weighted by Crippen LogP contribution is 2.39. The summed E-state index contributed by atoms with van der Waals surface area (Å²) in [5.41, 5.74) is 1.13. The van der Waals surface area contributed by atoms with Gasteiger partial charge in [0.05, 0.1) is 19.8 Å². The first-order valence-corrected chi connectivity index (χ1v) is 7.67. The number of hydrogen-bond donors (Lipinski definition) is 2. The van der Waals surface area contributed by atoms with Crippen LogP contribution in [-0.4, -0.2) is 40.0 Å². The Labute approximate surface area is 128 Å². The van der Waals surface area contributed by atoms with Crippen molar-refractivity contribution in [1.29, 1.82) is 0 Å². The fourth-order valence-electron chi connectivity index (χ4n) is 1.99. The predicted octanol–water partition coefficient (Wildman–Crippen LogP) is 2.19. The smallest absolute Gasteiger partial charge is 0.203 e. The lowest BCUT2D eigenvalue weighted by molar-refractivity contribution is 0.260. The summed E-state index contributed by atoms with van der Waals surface area (Å²) in [6.07, 6.45) is 0. The van der Waals surface area contributed by atoms with Gasteiger partial charge in [-0.05, 0) is 45.5 Å². The summed E-state index contributed by atoms with van der Waals surface area (Å²) in [4.78, 5) is 0. The Kier molecular flexibility index (Phi) is 8.62. The van der Waals surface area contributed by atoms with Crippen LogP contribution in [0.25, 0.3) is 0 Å². The summed E-state index contributed by atoms with van der Waals surface area (Å²) in [7, 11) is 1.94. The van der Waals surface area contributed by atoms with Gasteiger partial charge in [-0.15, -0.1) is 0 Å². The molecule has 0 radical (unpaired) electrons. The van der Waals surface area contributed by atoms with Gasteiger partial charge in [0.1, 0.15) is 0 Å². The second-order valence-electron chi connectivity index (χ2n) is 4.50. The minimum Gasteiger partial charge on any atom is -0.490 e. The average molecular weight is 296 g/mol. The molecule has 0 aromatic heterocycles. The second kappa shape index (κ2) is 10.3. The summed E-state index contributed by atoms with van der Waals surface area (Å²) < 4.78 is 17.1. The summed E-state index contributed by atoms with van der Waals surface area (Å²) in [5.74, 6) is 2.19. The highest BCUT2D eigenvalue weighted by molar-refractivity contribution is 5.54. The van der Waals surface area contributed by atoms with Gasteiger partial charge in [-0.2, -0.15) is 0 Å². The predicted molar refractivity (Wildman–Crippen MR) is 85.6 cm³/mol. The molecule has 0 unspecified atom stereocenters. The Hall–Kier alpha value is -1.46. The van der Waals surface area contributed by atoms with Crippen LogP contribution in [0.4, 0.5) is 0 Å². The van der Waals surface area contributed by atoms with E-state index in [4.69, 9.17) is 14.2 Å². The highest BCUT2D eigenvalue weighted by Gasteiger charge is 2.14. The Morgan fingerprint density at radius 1 is 0.857 bits per heavy atom. The van der Waals surface area contributed by atoms with Crippen LogP contribution < -0.4 is 24.8 Å². The van der Waals surface area contributed by atoms with Crippen LogP contribution in [-0.2, 0) is 6.54 Å². The lowest BCUT2D eigenvalue weighted by Gasteiger charge is -2.17. The molecule has 5 nitrogen and oxygen atoms in total. The highest BCUT2D eigenvalue weighted by atomic mass is 16.5. The van der Waals surface area contributed by atoms with Gasteiger partial charge < -0.3 is 24.8 Å². The monoisotopic (exact) mass is 296 g/mol. The van der Waals surface area contributed by atoms with Gasteiger partial charge in [-0.25, -0.2) is 0 Å².